The average molecular weight is 297 g/mol. The molecule has 8 heteroatoms. The van der Waals surface area contributed by atoms with E-state index < -0.39 is 5.97 Å². The molecule has 5 N–H and O–H groups in total. The van der Waals surface area contributed by atoms with Gasteiger partial charge in [0.2, 0.25) is 0 Å². The molecule has 1 aliphatic rings. The van der Waals surface area contributed by atoms with Gasteiger partial charge >= 0.3 is 5.97 Å². The predicted molar refractivity (Wildman–Crippen MR) is 77.7 cm³/mol. The standard InChI is InChI=1S/C12H19N5O2S/c1-8-11(5-10(12(18)19)15(8)2)20-16-3-4-17(14)9(6-13)7-16/h5-6H,3-4,7,13-14H2,1-2H3,(H,18,19)/b9-6-. The third-order valence-electron chi connectivity index (χ3n) is 3.43. The van der Waals surface area contributed by atoms with Crippen LogP contribution in [0.1, 0.15) is 16.2 Å². The third-order valence-corrected chi connectivity index (χ3v) is 4.61. The Morgan fingerprint density at radius 2 is 2.20 bits per heavy atom. The Hall–Kier alpha value is -1.64. The molecule has 0 aliphatic carbocycles. The molecule has 1 aromatic heterocycles. The largest absolute Gasteiger partial charge is 0.477 e. The van der Waals surface area contributed by atoms with Gasteiger partial charge in [0.25, 0.3) is 0 Å². The van der Waals surface area contributed by atoms with E-state index in [1.54, 1.807) is 22.7 Å². The number of rotatable bonds is 3. The summed E-state index contributed by atoms with van der Waals surface area (Å²) in [5.74, 6) is 4.89. The number of hydrogen-bond acceptors (Lipinski definition) is 6. The second-order valence-electron chi connectivity index (χ2n) is 4.65. The number of aromatic nitrogens is 1. The number of aromatic carboxylic acids is 1. The molecule has 0 amide bonds. The summed E-state index contributed by atoms with van der Waals surface area (Å²) in [5, 5.41) is 10.8. The van der Waals surface area contributed by atoms with Crippen molar-refractivity contribution in [2.75, 3.05) is 19.6 Å². The molecule has 0 saturated carbocycles. The van der Waals surface area contributed by atoms with Crippen molar-refractivity contribution in [1.82, 2.24) is 13.9 Å². The lowest BCUT2D eigenvalue weighted by Gasteiger charge is -2.34. The number of carboxylic acid groups (broad SMARTS) is 1. The van der Waals surface area contributed by atoms with Crippen LogP contribution in [0.3, 0.4) is 0 Å². The van der Waals surface area contributed by atoms with Crippen LogP contribution < -0.4 is 11.6 Å². The Labute approximate surface area is 121 Å². The number of carboxylic acids is 1. The van der Waals surface area contributed by atoms with Gasteiger partial charge in [-0.25, -0.2) is 14.9 Å². The summed E-state index contributed by atoms with van der Waals surface area (Å²) in [7, 11) is 1.76. The third kappa shape index (κ3) is 2.77. The van der Waals surface area contributed by atoms with Crippen molar-refractivity contribution in [3.63, 3.8) is 0 Å². The lowest BCUT2D eigenvalue weighted by atomic mass is 10.3. The molecule has 1 saturated heterocycles. The SMILES string of the molecule is Cc1c(SN2CCN(N)/C(=C\N)C2)cc(C(=O)O)n1C. The minimum absolute atomic E-state index is 0.289. The molecule has 2 heterocycles. The number of nitrogens with zero attached hydrogens (tertiary/aromatic N) is 3. The highest BCUT2D eigenvalue weighted by Crippen LogP contribution is 2.30. The van der Waals surface area contributed by atoms with Gasteiger partial charge in [-0.3, -0.25) is 0 Å². The van der Waals surface area contributed by atoms with E-state index in [1.807, 2.05) is 6.92 Å². The maximum Gasteiger partial charge on any atom is 0.352 e. The first-order chi connectivity index (χ1) is 9.43. The molecule has 1 fully saturated rings. The predicted octanol–water partition coefficient (Wildman–Crippen LogP) is 0.330. The minimum Gasteiger partial charge on any atom is -0.477 e. The van der Waals surface area contributed by atoms with Gasteiger partial charge < -0.3 is 20.4 Å². The first-order valence-electron chi connectivity index (χ1n) is 6.19. The lowest BCUT2D eigenvalue weighted by Crippen LogP contribution is -2.45. The first-order valence-corrected chi connectivity index (χ1v) is 6.97. The van der Waals surface area contributed by atoms with Crippen LogP contribution >= 0.6 is 11.9 Å². The Morgan fingerprint density at radius 3 is 2.75 bits per heavy atom. The molecule has 2 rings (SSSR count). The monoisotopic (exact) mass is 297 g/mol. The Kier molecular flexibility index (Phi) is 4.26. The fraction of sp³-hybridized carbons (Fsp3) is 0.417. The Bertz CT molecular complexity index is 554. The molecule has 0 spiro atoms. The second kappa shape index (κ2) is 5.78. The zero-order chi connectivity index (χ0) is 14.9. The summed E-state index contributed by atoms with van der Waals surface area (Å²) in [4.78, 5) is 12.1. The van der Waals surface area contributed by atoms with Gasteiger partial charge in [0.05, 0.1) is 12.2 Å². The minimum atomic E-state index is -0.920. The van der Waals surface area contributed by atoms with Crippen LogP contribution in [0.15, 0.2) is 22.9 Å². The van der Waals surface area contributed by atoms with E-state index in [2.05, 4.69) is 4.31 Å². The van der Waals surface area contributed by atoms with Crippen molar-refractivity contribution in [1.29, 1.82) is 0 Å². The van der Waals surface area contributed by atoms with Crippen LogP contribution in [-0.4, -0.2) is 44.6 Å². The van der Waals surface area contributed by atoms with Crippen molar-refractivity contribution >= 4 is 17.9 Å². The van der Waals surface area contributed by atoms with Gasteiger partial charge in [-0.15, -0.1) is 0 Å². The summed E-state index contributed by atoms with van der Waals surface area (Å²) in [6.45, 7) is 4.02. The summed E-state index contributed by atoms with van der Waals surface area (Å²) in [6, 6.07) is 1.70. The van der Waals surface area contributed by atoms with Crippen molar-refractivity contribution in [3.8, 4) is 0 Å². The van der Waals surface area contributed by atoms with Crippen molar-refractivity contribution < 1.29 is 9.90 Å². The second-order valence-corrected chi connectivity index (χ2v) is 5.79. The topological polar surface area (TPSA) is 101 Å². The molecular formula is C12H19N5O2S. The molecule has 7 nitrogen and oxygen atoms in total. The van der Waals surface area contributed by atoms with E-state index in [0.29, 0.717) is 13.1 Å². The van der Waals surface area contributed by atoms with Gasteiger partial charge in [-0.05, 0) is 24.9 Å². The number of hydrazine groups is 1. The Morgan fingerprint density at radius 1 is 1.50 bits per heavy atom. The van der Waals surface area contributed by atoms with Gasteiger partial charge in [0.1, 0.15) is 5.69 Å². The van der Waals surface area contributed by atoms with E-state index in [0.717, 1.165) is 22.8 Å². The van der Waals surface area contributed by atoms with Gasteiger partial charge in [-0.2, -0.15) is 0 Å². The Balaban J connectivity index is 2.15. The molecule has 0 radical (unpaired) electrons. The molecule has 1 aliphatic heterocycles. The van der Waals surface area contributed by atoms with Crippen LogP contribution in [0.2, 0.25) is 0 Å². The summed E-state index contributed by atoms with van der Waals surface area (Å²) < 4.78 is 3.81. The molecule has 0 unspecified atom stereocenters. The van der Waals surface area contributed by atoms with Crippen LogP contribution in [0.5, 0.6) is 0 Å². The zero-order valence-electron chi connectivity index (χ0n) is 11.5. The smallest absolute Gasteiger partial charge is 0.352 e. The number of carbonyl (C=O) groups is 1. The lowest BCUT2D eigenvalue weighted by molar-refractivity contribution is 0.0686. The van der Waals surface area contributed by atoms with E-state index in [9.17, 15) is 4.79 Å². The summed E-state index contributed by atoms with van der Waals surface area (Å²) in [6.07, 6.45) is 1.51. The normalized spacial score (nSPS) is 18.8. The first kappa shape index (κ1) is 14.8. The van der Waals surface area contributed by atoms with Crippen LogP contribution in [-0.2, 0) is 7.05 Å². The maximum atomic E-state index is 11.1. The van der Waals surface area contributed by atoms with Crippen molar-refractivity contribution in [2.45, 2.75) is 11.8 Å². The molecule has 1 aromatic rings. The number of nitrogens with two attached hydrogens (primary N) is 2. The van der Waals surface area contributed by atoms with Gasteiger partial charge in [-0.1, -0.05) is 0 Å². The number of piperazine rings is 1. The fourth-order valence-electron chi connectivity index (χ4n) is 2.05. The highest BCUT2D eigenvalue weighted by molar-refractivity contribution is 7.97. The van der Waals surface area contributed by atoms with Crippen LogP contribution in [0, 0.1) is 6.92 Å². The molecule has 0 bridgehead atoms. The zero-order valence-corrected chi connectivity index (χ0v) is 12.4. The van der Waals surface area contributed by atoms with Gasteiger partial charge in [0, 0.05) is 36.9 Å². The molecule has 0 aromatic carbocycles. The van der Waals surface area contributed by atoms with E-state index in [-0.39, 0.29) is 5.69 Å². The van der Waals surface area contributed by atoms with E-state index in [1.165, 1.54) is 18.1 Å². The average Bonchev–Trinajstić information content (AvgIpc) is 2.69. The van der Waals surface area contributed by atoms with Gasteiger partial charge in [0.15, 0.2) is 0 Å². The molecule has 110 valence electrons. The quantitative estimate of drug-likeness (QED) is 0.546. The molecule has 20 heavy (non-hydrogen) atoms. The molecule has 0 atom stereocenters. The van der Waals surface area contributed by atoms with Crippen LogP contribution in [0.25, 0.3) is 0 Å². The maximum absolute atomic E-state index is 11.1. The fourth-order valence-corrected chi connectivity index (χ4v) is 3.13. The van der Waals surface area contributed by atoms with Crippen LogP contribution in [0.4, 0.5) is 0 Å². The van der Waals surface area contributed by atoms with E-state index in [4.69, 9.17) is 16.7 Å². The number of hydrogen-bond donors (Lipinski definition) is 3. The molecular weight excluding hydrogens is 278 g/mol. The summed E-state index contributed by atoms with van der Waals surface area (Å²) in [5.41, 5.74) is 7.62. The highest BCUT2D eigenvalue weighted by Gasteiger charge is 2.22. The van der Waals surface area contributed by atoms with Crippen molar-refractivity contribution in [2.24, 2.45) is 18.6 Å². The van der Waals surface area contributed by atoms with E-state index >= 15 is 0 Å². The van der Waals surface area contributed by atoms with Crippen molar-refractivity contribution in [3.05, 3.63) is 29.4 Å². The highest BCUT2D eigenvalue weighted by atomic mass is 32.2. The summed E-state index contributed by atoms with van der Waals surface area (Å²) >= 11 is 1.54.